The summed E-state index contributed by atoms with van der Waals surface area (Å²) in [5, 5.41) is 0. The first-order chi connectivity index (χ1) is 7.00. The number of allylic oxidation sites excluding steroid dienone is 1. The van der Waals surface area contributed by atoms with Crippen LogP contribution in [0.2, 0.25) is 0 Å². The molecule has 82 valence electrons. The molecule has 0 heterocycles. The van der Waals surface area contributed by atoms with Gasteiger partial charge in [-0.05, 0) is 66.1 Å². The van der Waals surface area contributed by atoms with Crippen molar-refractivity contribution in [2.24, 2.45) is 5.73 Å². The maximum atomic E-state index is 6.15. The lowest BCUT2D eigenvalue weighted by Crippen LogP contribution is -2.11. The second-order valence-electron chi connectivity index (χ2n) is 3.77. The molecule has 0 aliphatic heterocycles. The maximum absolute atomic E-state index is 6.15. The fraction of sp³-hybridized carbons (Fsp3) is 0.333. The number of benzene rings is 1. The maximum Gasteiger partial charge on any atom is 0.0308 e. The van der Waals surface area contributed by atoms with Gasteiger partial charge >= 0.3 is 0 Å². The Labute approximate surface area is 113 Å². The Bertz CT molecular complexity index is 363. The molecule has 0 saturated carbocycles. The first-order valence-electron chi connectivity index (χ1n) is 4.85. The third-order valence-electron chi connectivity index (χ3n) is 2.24. The molecule has 0 aliphatic carbocycles. The molecular weight excluding hydrogens is 365 g/mol. The molecule has 1 unspecified atom stereocenters. The van der Waals surface area contributed by atoms with Gasteiger partial charge in [-0.1, -0.05) is 21.5 Å². The SMILES string of the molecule is C=C(C)CCC(N)c1cc(Br)ccc1I. The fourth-order valence-electron chi connectivity index (χ4n) is 1.36. The highest BCUT2D eigenvalue weighted by molar-refractivity contribution is 14.1. The van der Waals surface area contributed by atoms with Crippen LogP contribution >= 0.6 is 38.5 Å². The summed E-state index contributed by atoms with van der Waals surface area (Å²) in [6.07, 6.45) is 1.95. The van der Waals surface area contributed by atoms with Crippen LogP contribution in [0.5, 0.6) is 0 Å². The van der Waals surface area contributed by atoms with Gasteiger partial charge in [-0.3, -0.25) is 0 Å². The van der Waals surface area contributed by atoms with Crippen molar-refractivity contribution >= 4 is 38.5 Å². The van der Waals surface area contributed by atoms with E-state index >= 15 is 0 Å². The molecule has 0 radical (unpaired) electrons. The van der Waals surface area contributed by atoms with Gasteiger partial charge in [0.1, 0.15) is 0 Å². The van der Waals surface area contributed by atoms with Crippen LogP contribution < -0.4 is 5.73 Å². The summed E-state index contributed by atoms with van der Waals surface area (Å²) in [4.78, 5) is 0. The number of hydrogen-bond donors (Lipinski definition) is 1. The second-order valence-corrected chi connectivity index (χ2v) is 5.85. The van der Waals surface area contributed by atoms with E-state index in [0.717, 1.165) is 17.3 Å². The van der Waals surface area contributed by atoms with Crippen molar-refractivity contribution < 1.29 is 0 Å². The Morgan fingerprint density at radius 2 is 2.27 bits per heavy atom. The van der Waals surface area contributed by atoms with Crippen LogP contribution in [0.25, 0.3) is 0 Å². The van der Waals surface area contributed by atoms with Crippen LogP contribution in [0.4, 0.5) is 0 Å². The molecule has 0 amide bonds. The first-order valence-corrected chi connectivity index (χ1v) is 6.73. The first kappa shape index (κ1) is 13.2. The quantitative estimate of drug-likeness (QED) is 0.608. The normalized spacial score (nSPS) is 12.5. The largest absolute Gasteiger partial charge is 0.324 e. The molecule has 0 saturated heterocycles. The Morgan fingerprint density at radius 3 is 2.87 bits per heavy atom. The zero-order chi connectivity index (χ0) is 11.4. The monoisotopic (exact) mass is 379 g/mol. The van der Waals surface area contributed by atoms with Crippen molar-refractivity contribution in [3.8, 4) is 0 Å². The summed E-state index contributed by atoms with van der Waals surface area (Å²) in [5.74, 6) is 0. The van der Waals surface area contributed by atoms with Crippen molar-refractivity contribution in [2.45, 2.75) is 25.8 Å². The van der Waals surface area contributed by atoms with Crippen molar-refractivity contribution in [3.63, 3.8) is 0 Å². The van der Waals surface area contributed by atoms with Gasteiger partial charge in [0.25, 0.3) is 0 Å². The van der Waals surface area contributed by atoms with E-state index in [-0.39, 0.29) is 6.04 Å². The molecular formula is C12H15BrIN. The number of halogens is 2. The van der Waals surface area contributed by atoms with Crippen LogP contribution in [-0.2, 0) is 0 Å². The van der Waals surface area contributed by atoms with E-state index in [4.69, 9.17) is 5.73 Å². The van der Waals surface area contributed by atoms with Gasteiger partial charge in [0.2, 0.25) is 0 Å². The molecule has 0 bridgehead atoms. The highest BCUT2D eigenvalue weighted by Gasteiger charge is 2.09. The van der Waals surface area contributed by atoms with E-state index in [2.05, 4.69) is 57.2 Å². The van der Waals surface area contributed by atoms with Crippen molar-refractivity contribution in [1.82, 2.24) is 0 Å². The molecule has 0 spiro atoms. The Balaban J connectivity index is 2.76. The standard InChI is InChI=1S/C12H15BrIN/c1-8(2)3-6-12(15)10-7-9(13)4-5-11(10)14/h4-5,7,12H,1,3,6,15H2,2H3. The summed E-state index contributed by atoms with van der Waals surface area (Å²) in [7, 11) is 0. The lowest BCUT2D eigenvalue weighted by molar-refractivity contribution is 0.646. The lowest BCUT2D eigenvalue weighted by atomic mass is 10.0. The highest BCUT2D eigenvalue weighted by Crippen LogP contribution is 2.26. The third-order valence-corrected chi connectivity index (χ3v) is 3.72. The van der Waals surface area contributed by atoms with E-state index in [0.29, 0.717) is 0 Å². The van der Waals surface area contributed by atoms with E-state index in [1.165, 1.54) is 14.7 Å². The molecule has 3 heteroatoms. The van der Waals surface area contributed by atoms with Gasteiger partial charge in [-0.15, -0.1) is 6.58 Å². The molecule has 2 N–H and O–H groups in total. The molecule has 1 nitrogen and oxygen atoms in total. The topological polar surface area (TPSA) is 26.0 Å². The van der Waals surface area contributed by atoms with Crippen molar-refractivity contribution in [3.05, 3.63) is 44.0 Å². The van der Waals surface area contributed by atoms with Gasteiger partial charge in [0.05, 0.1) is 0 Å². The Morgan fingerprint density at radius 1 is 1.60 bits per heavy atom. The minimum absolute atomic E-state index is 0.103. The van der Waals surface area contributed by atoms with E-state index in [1.54, 1.807) is 0 Å². The molecule has 0 aliphatic rings. The van der Waals surface area contributed by atoms with Gasteiger partial charge < -0.3 is 5.73 Å². The predicted octanol–water partition coefficient (Wildman–Crippen LogP) is 4.41. The fourth-order valence-corrected chi connectivity index (χ4v) is 2.47. The van der Waals surface area contributed by atoms with E-state index in [9.17, 15) is 0 Å². The smallest absolute Gasteiger partial charge is 0.0308 e. The van der Waals surface area contributed by atoms with Gasteiger partial charge in [0.15, 0.2) is 0 Å². The summed E-state index contributed by atoms with van der Waals surface area (Å²) in [6, 6.07) is 6.33. The summed E-state index contributed by atoms with van der Waals surface area (Å²) in [5.41, 5.74) is 8.55. The minimum atomic E-state index is 0.103. The van der Waals surface area contributed by atoms with Crippen LogP contribution in [0.1, 0.15) is 31.4 Å². The average molecular weight is 380 g/mol. The second kappa shape index (κ2) is 6.01. The summed E-state index contributed by atoms with van der Waals surface area (Å²) < 4.78 is 2.31. The van der Waals surface area contributed by atoms with Crippen LogP contribution in [0.15, 0.2) is 34.8 Å². The van der Waals surface area contributed by atoms with E-state index in [1.807, 2.05) is 13.0 Å². The molecule has 1 aromatic carbocycles. The Kier molecular flexibility index (Phi) is 5.29. The summed E-state index contributed by atoms with van der Waals surface area (Å²) >= 11 is 5.79. The van der Waals surface area contributed by atoms with Gasteiger partial charge in [0, 0.05) is 14.1 Å². The Hall–Kier alpha value is 0.130. The highest BCUT2D eigenvalue weighted by atomic mass is 127. The van der Waals surface area contributed by atoms with Gasteiger partial charge in [-0.25, -0.2) is 0 Å². The molecule has 0 fully saturated rings. The number of rotatable bonds is 4. The molecule has 1 aromatic rings. The van der Waals surface area contributed by atoms with E-state index < -0.39 is 0 Å². The molecule has 15 heavy (non-hydrogen) atoms. The predicted molar refractivity (Wildman–Crippen MR) is 77.8 cm³/mol. The number of nitrogens with two attached hydrogens (primary N) is 1. The zero-order valence-electron chi connectivity index (χ0n) is 8.76. The lowest BCUT2D eigenvalue weighted by Gasteiger charge is -2.14. The third kappa shape index (κ3) is 4.25. The minimum Gasteiger partial charge on any atom is -0.324 e. The van der Waals surface area contributed by atoms with Gasteiger partial charge in [-0.2, -0.15) is 0 Å². The molecule has 0 aromatic heterocycles. The van der Waals surface area contributed by atoms with Crippen LogP contribution in [0, 0.1) is 3.57 Å². The molecule has 1 rings (SSSR count). The summed E-state index contributed by atoms with van der Waals surface area (Å²) in [6.45, 7) is 5.93. The molecule has 1 atom stereocenters. The van der Waals surface area contributed by atoms with Crippen molar-refractivity contribution in [2.75, 3.05) is 0 Å². The number of hydrogen-bond acceptors (Lipinski definition) is 1. The van der Waals surface area contributed by atoms with Crippen LogP contribution in [0.3, 0.4) is 0 Å². The van der Waals surface area contributed by atoms with Crippen molar-refractivity contribution in [1.29, 1.82) is 0 Å². The zero-order valence-corrected chi connectivity index (χ0v) is 12.5. The average Bonchev–Trinajstić information content (AvgIpc) is 2.18. The van der Waals surface area contributed by atoms with Crippen LogP contribution in [-0.4, -0.2) is 0 Å².